The molecule has 0 N–H and O–H groups in total. The molecule has 0 atom stereocenters. The fourth-order valence-corrected chi connectivity index (χ4v) is 13.7. The van der Waals surface area contributed by atoms with E-state index in [-0.39, 0.29) is 38.8 Å². The van der Waals surface area contributed by atoms with E-state index >= 15 is 0 Å². The average molecular weight is 1250 g/mol. The smallest absolute Gasteiger partial charge is 0.269 e. The van der Waals surface area contributed by atoms with E-state index in [1.165, 1.54) is 18.2 Å². The van der Waals surface area contributed by atoms with Crippen molar-refractivity contribution in [2.75, 3.05) is 0 Å². The van der Waals surface area contributed by atoms with Crippen LogP contribution in [0, 0.1) is 20.0 Å². The number of ether oxygens (including phenoxy) is 1. The molecule has 18 rings (SSSR count). The van der Waals surface area contributed by atoms with Gasteiger partial charge in [0.15, 0.2) is 0 Å². The molecule has 4 aromatic heterocycles. The van der Waals surface area contributed by atoms with Crippen molar-refractivity contribution in [3.8, 4) is 118 Å². The van der Waals surface area contributed by atoms with Crippen LogP contribution in [-0.4, -0.2) is 14.1 Å². The average Bonchev–Trinajstić information content (AvgIpc) is 1.70. The van der Waals surface area contributed by atoms with Gasteiger partial charge in [0.1, 0.15) is 28.5 Å². The molecule has 96 heavy (non-hydrogen) atoms. The topological polar surface area (TPSA) is 49.0 Å². The molecule has 1 aliphatic rings. The minimum atomic E-state index is -2.84. The molecule has 0 fully saturated rings. The van der Waals surface area contributed by atoms with Gasteiger partial charge in [0.25, 0.3) is 6.33 Å². The zero-order valence-electron chi connectivity index (χ0n) is 70.9. The summed E-state index contributed by atoms with van der Waals surface area (Å²) in [6, 6.07) is 55.0. The summed E-state index contributed by atoms with van der Waals surface area (Å²) in [5, 5.41) is 3.47. The number of aromatic nitrogens is 4. The SMILES string of the molecule is [2H]c1c([2H])c([2H])c(-c2c([2H])c(-c3cc4c5c(c3)n(-c3cccc(Oc6ccc7c8ccccc8n(-c8cc(C(C)(C)C)ccn8)c7c6)c3)[c-][n+]5-c3c(-c5ccc6oc7ccccc7c6c5)cc(-c5c(C([2H])([2H])[2H])cccc5C([2H])([2H])[2H])cc3-c3ccccc3-c3ccccc3-4)c([2H])c(-c3c([2H])c([2H])c([2H])c([2H])c3[2H])c2[2H])c([2H])c1[2H]. The lowest BCUT2D eigenvalue weighted by Gasteiger charge is -2.22. The molecule has 5 heterocycles. The predicted molar refractivity (Wildman–Crippen MR) is 395 cm³/mol. The first-order valence-electron chi connectivity index (χ1n) is 40.9. The van der Waals surface area contributed by atoms with Crippen LogP contribution in [0.25, 0.3) is 161 Å². The molecule has 0 bridgehead atoms. The molecule has 0 aliphatic carbocycles. The van der Waals surface area contributed by atoms with E-state index in [4.69, 9.17) is 30.6 Å². The number of para-hydroxylation sites is 2. The van der Waals surface area contributed by atoms with Gasteiger partial charge in [-0.3, -0.25) is 13.7 Å². The van der Waals surface area contributed by atoms with E-state index < -0.39 is 115 Å². The van der Waals surface area contributed by atoms with Gasteiger partial charge >= 0.3 is 0 Å². The Labute approximate surface area is 584 Å². The lowest BCUT2D eigenvalue weighted by atomic mass is 9.85. The fourth-order valence-electron chi connectivity index (χ4n) is 13.7. The molecule has 0 saturated heterocycles. The second kappa shape index (κ2) is 22.3. The Morgan fingerprint density at radius 1 is 0.448 bits per heavy atom. The number of fused-ring (bicyclic) bond motifs is 13. The van der Waals surface area contributed by atoms with Crippen LogP contribution in [0.15, 0.2) is 301 Å². The molecule has 0 unspecified atom stereocenters. The predicted octanol–water partition coefficient (Wildman–Crippen LogP) is 23.5. The number of hydrogen-bond donors (Lipinski definition) is 0. The first kappa shape index (κ1) is 40.1. The first-order valence-corrected chi connectivity index (χ1v) is 31.4. The van der Waals surface area contributed by atoms with Crippen molar-refractivity contribution in [2.45, 2.75) is 39.9 Å². The number of rotatable bonds is 9. The summed E-state index contributed by atoms with van der Waals surface area (Å²) in [7, 11) is 0. The Morgan fingerprint density at radius 2 is 1.05 bits per heavy atom. The third kappa shape index (κ3) is 9.47. The van der Waals surface area contributed by atoms with Crippen molar-refractivity contribution < 1.29 is 39.8 Å². The number of imidazole rings is 1. The lowest BCUT2D eigenvalue weighted by Crippen LogP contribution is -2.32. The van der Waals surface area contributed by atoms with Gasteiger partial charge in [0, 0.05) is 42.0 Å². The van der Waals surface area contributed by atoms with Crippen LogP contribution in [0.4, 0.5) is 0 Å². The van der Waals surface area contributed by atoms with Crippen molar-refractivity contribution in [1.82, 2.24) is 14.1 Å². The van der Waals surface area contributed by atoms with E-state index in [2.05, 4.69) is 49.9 Å². The van der Waals surface area contributed by atoms with Crippen molar-refractivity contribution in [2.24, 2.45) is 0 Å². The number of hydrogen-bond acceptors (Lipinski definition) is 3. The third-order valence-electron chi connectivity index (χ3n) is 18.2. The number of benzene rings is 13. The van der Waals surface area contributed by atoms with E-state index in [1.54, 1.807) is 28.8 Å². The van der Waals surface area contributed by atoms with E-state index in [0.717, 1.165) is 38.1 Å². The van der Waals surface area contributed by atoms with Gasteiger partial charge in [-0.25, -0.2) is 4.98 Å². The van der Waals surface area contributed by atoms with Crippen LogP contribution in [-0.2, 0) is 5.41 Å². The maximum atomic E-state index is 10.5. The molecule has 1 aliphatic heterocycles. The van der Waals surface area contributed by atoms with Crippen molar-refractivity contribution in [1.29, 1.82) is 0 Å². The molecule has 17 aromatic rings. The van der Waals surface area contributed by atoms with Crippen LogP contribution in [0.3, 0.4) is 0 Å². The third-order valence-corrected chi connectivity index (χ3v) is 18.2. The summed E-state index contributed by atoms with van der Waals surface area (Å²) in [5.41, 5.74) is 6.89. The lowest BCUT2D eigenvalue weighted by molar-refractivity contribution is -0.570. The Hall–Kier alpha value is -12.1. The first-order chi connectivity index (χ1) is 54.9. The normalized spacial score (nSPS) is 15.1. The van der Waals surface area contributed by atoms with Gasteiger partial charge in [0.2, 0.25) is 0 Å². The fraction of sp³-hybridized carbons (Fsp3) is 0.0667. The van der Waals surface area contributed by atoms with Gasteiger partial charge < -0.3 is 9.15 Å². The zero-order chi connectivity index (χ0) is 80.7. The standard InChI is InChI=1S/C90H64N4O2/c1-56-22-20-23-57(2)87(56)65-49-77(60-38-41-85-78(47-60)76-35-17-19-37-84(76)96-85)88-79(50-65)72-32-14-12-30-70(72)71-31-13-15-33-73(71)80-48-64(63-45-61(58-24-8-6-9-25-58)44-62(46-63)59-26-10-7-11-27-59)51-83-89(80)93(88)55-92(83)67-28-21-29-68(53-67)95-69-39-40-75-74-34-16-18-36-81(74)94(82(75)54-69)86-52-66(42-43-91-86)90(3,4)5/h6-54H,1-5H3/i1D3,2D3,6D,7D,8D,9D,10D,11D,24D,25D,26D,27D,44D,45D,46D. The van der Waals surface area contributed by atoms with Crippen molar-refractivity contribution in [3.63, 3.8) is 0 Å². The molecule has 0 spiro atoms. The number of furan rings is 1. The number of nitrogens with zero attached hydrogens (tertiary/aromatic N) is 4. The summed E-state index contributed by atoms with van der Waals surface area (Å²) in [6.07, 6.45) is 5.64. The monoisotopic (exact) mass is 1250 g/mol. The molecule has 0 amide bonds. The molecule has 0 saturated carbocycles. The second-order valence-electron chi connectivity index (χ2n) is 25.0. The summed E-state index contributed by atoms with van der Waals surface area (Å²) < 4.78 is 195. The highest BCUT2D eigenvalue weighted by Crippen LogP contribution is 2.50. The van der Waals surface area contributed by atoms with Gasteiger partial charge in [-0.05, 0) is 228 Å². The number of aryl methyl sites for hydroxylation is 2. The molecule has 456 valence electrons. The van der Waals surface area contributed by atoms with Crippen LogP contribution < -0.4 is 9.30 Å². The maximum Gasteiger partial charge on any atom is 0.269 e. The van der Waals surface area contributed by atoms with E-state index in [0.29, 0.717) is 95.4 Å². The van der Waals surface area contributed by atoms with Crippen molar-refractivity contribution >= 4 is 54.8 Å². The molecule has 0 radical (unpaired) electrons. The summed E-state index contributed by atoms with van der Waals surface area (Å²) in [5.74, 6) is 1.53. The van der Waals surface area contributed by atoms with Crippen LogP contribution in [0.2, 0.25) is 0 Å². The van der Waals surface area contributed by atoms with Crippen LogP contribution >= 0.6 is 0 Å². The zero-order valence-corrected chi connectivity index (χ0v) is 51.9. The van der Waals surface area contributed by atoms with Gasteiger partial charge in [-0.2, -0.15) is 0 Å². The highest BCUT2D eigenvalue weighted by atomic mass is 16.5. The molecular weight excluding hydrogens is 1170 g/mol. The largest absolute Gasteiger partial charge is 0.458 e. The molecule has 13 aromatic carbocycles. The summed E-state index contributed by atoms with van der Waals surface area (Å²) >= 11 is 0. The minimum absolute atomic E-state index is 0.0215. The molecule has 6 heteroatoms. The Balaban J connectivity index is 0.988. The Morgan fingerprint density at radius 3 is 1.77 bits per heavy atom. The van der Waals surface area contributed by atoms with Crippen LogP contribution in [0.5, 0.6) is 11.5 Å². The highest BCUT2D eigenvalue weighted by molar-refractivity contribution is 6.11. The Kier molecular flexibility index (Phi) is 9.31. The quantitative estimate of drug-likeness (QED) is 0.107. The van der Waals surface area contributed by atoms with Crippen molar-refractivity contribution in [3.05, 3.63) is 320 Å². The summed E-state index contributed by atoms with van der Waals surface area (Å²) in [4.78, 5) is 4.92. The van der Waals surface area contributed by atoms with E-state index in [9.17, 15) is 9.60 Å². The Bertz CT molecular complexity index is 6900. The maximum absolute atomic E-state index is 10.5. The van der Waals surface area contributed by atoms with Gasteiger partial charge in [-0.15, -0.1) is 0 Å². The molecular formula is C90H64N4O2. The molecule has 6 nitrogen and oxygen atoms in total. The minimum Gasteiger partial charge on any atom is -0.458 e. The number of pyridine rings is 1. The van der Waals surface area contributed by atoms with E-state index in [1.807, 2.05) is 162 Å². The summed E-state index contributed by atoms with van der Waals surface area (Å²) in [6.45, 7) is 0.784. The second-order valence-corrected chi connectivity index (χ2v) is 25.0. The van der Waals surface area contributed by atoms with Gasteiger partial charge in [-0.1, -0.05) is 203 Å². The van der Waals surface area contributed by atoms with Crippen LogP contribution in [0.1, 0.15) is 63.5 Å². The highest BCUT2D eigenvalue weighted by Gasteiger charge is 2.30. The van der Waals surface area contributed by atoms with Gasteiger partial charge in [0.05, 0.1) is 51.3 Å².